The fourth-order valence-corrected chi connectivity index (χ4v) is 3.45. The lowest BCUT2D eigenvalue weighted by molar-refractivity contribution is -0.112. The number of nitrogens with zero attached hydrogens (tertiary/aromatic N) is 2. The molecule has 0 saturated heterocycles. The highest BCUT2D eigenvalue weighted by atomic mass is 32.1. The zero-order valence-corrected chi connectivity index (χ0v) is 17.1. The van der Waals surface area contributed by atoms with Gasteiger partial charge < -0.3 is 9.47 Å². The third kappa shape index (κ3) is 5.33. The first-order chi connectivity index (χ1) is 14.1. The molecule has 0 bridgehead atoms. The van der Waals surface area contributed by atoms with Crippen LogP contribution in [0.3, 0.4) is 0 Å². The molecule has 1 amide bonds. The second-order valence-electron chi connectivity index (χ2n) is 6.25. The number of nitrogens with one attached hydrogen (secondary N) is 1. The van der Waals surface area contributed by atoms with Crippen LogP contribution in [0.1, 0.15) is 25.3 Å². The van der Waals surface area contributed by atoms with Gasteiger partial charge in [0.25, 0.3) is 5.91 Å². The van der Waals surface area contributed by atoms with Crippen molar-refractivity contribution < 1.29 is 14.3 Å². The van der Waals surface area contributed by atoms with Gasteiger partial charge in [-0.25, -0.2) is 4.98 Å². The Hall–Kier alpha value is -3.37. The molecule has 3 aromatic rings. The molecule has 0 aliphatic rings. The number of methoxy groups -OCH3 is 1. The highest BCUT2D eigenvalue weighted by Gasteiger charge is 2.13. The third-order valence-corrected chi connectivity index (χ3v) is 5.07. The maximum atomic E-state index is 12.5. The van der Waals surface area contributed by atoms with Gasteiger partial charge in [-0.3, -0.25) is 10.1 Å². The Labute approximate surface area is 173 Å². The van der Waals surface area contributed by atoms with Crippen LogP contribution in [0, 0.1) is 11.3 Å². The minimum atomic E-state index is -0.498. The number of rotatable bonds is 8. The van der Waals surface area contributed by atoms with Gasteiger partial charge in [-0.1, -0.05) is 36.8 Å². The Morgan fingerprint density at radius 3 is 2.69 bits per heavy atom. The Morgan fingerprint density at radius 1 is 1.24 bits per heavy atom. The quantitative estimate of drug-likeness (QED) is 0.322. The molecule has 3 rings (SSSR count). The van der Waals surface area contributed by atoms with E-state index in [2.05, 4.69) is 17.2 Å². The highest BCUT2D eigenvalue weighted by molar-refractivity contribution is 7.22. The van der Waals surface area contributed by atoms with E-state index in [1.54, 1.807) is 31.4 Å². The van der Waals surface area contributed by atoms with Crippen molar-refractivity contribution in [1.82, 2.24) is 4.98 Å². The number of fused-ring (bicyclic) bond motifs is 1. The summed E-state index contributed by atoms with van der Waals surface area (Å²) in [5, 5.41) is 12.5. The minimum Gasteiger partial charge on any atom is -0.497 e. The van der Waals surface area contributed by atoms with Crippen molar-refractivity contribution in [3.05, 3.63) is 53.6 Å². The van der Waals surface area contributed by atoms with Crippen molar-refractivity contribution in [2.24, 2.45) is 0 Å². The van der Waals surface area contributed by atoms with Gasteiger partial charge in [0, 0.05) is 0 Å². The number of carbonyl (C=O) groups excluding carboxylic acids is 1. The van der Waals surface area contributed by atoms with Crippen molar-refractivity contribution in [3.63, 3.8) is 0 Å². The van der Waals surface area contributed by atoms with Crippen molar-refractivity contribution in [1.29, 1.82) is 5.26 Å². The second-order valence-corrected chi connectivity index (χ2v) is 7.28. The molecule has 0 unspecified atom stereocenters. The number of amides is 1. The van der Waals surface area contributed by atoms with E-state index in [1.165, 1.54) is 17.4 Å². The molecule has 0 saturated carbocycles. The van der Waals surface area contributed by atoms with Crippen LogP contribution in [0.2, 0.25) is 0 Å². The maximum absolute atomic E-state index is 12.5. The Kier molecular flexibility index (Phi) is 6.82. The van der Waals surface area contributed by atoms with Gasteiger partial charge in [-0.15, -0.1) is 0 Å². The number of anilines is 1. The third-order valence-electron chi connectivity index (χ3n) is 4.14. The van der Waals surface area contributed by atoms with Crippen molar-refractivity contribution in [3.8, 4) is 17.6 Å². The summed E-state index contributed by atoms with van der Waals surface area (Å²) in [7, 11) is 1.58. The van der Waals surface area contributed by atoms with Crippen LogP contribution in [0.5, 0.6) is 11.5 Å². The maximum Gasteiger partial charge on any atom is 0.268 e. The number of ether oxygens (including phenoxy) is 2. The van der Waals surface area contributed by atoms with Crippen molar-refractivity contribution in [2.45, 2.75) is 19.8 Å². The zero-order chi connectivity index (χ0) is 20.6. The van der Waals surface area contributed by atoms with Gasteiger partial charge >= 0.3 is 0 Å². The first kappa shape index (κ1) is 20.4. The van der Waals surface area contributed by atoms with Crippen LogP contribution in [0.25, 0.3) is 16.3 Å². The Morgan fingerprint density at radius 2 is 2.00 bits per heavy atom. The first-order valence-corrected chi connectivity index (χ1v) is 10.0. The molecule has 1 heterocycles. The molecule has 0 fully saturated rings. The van der Waals surface area contributed by atoms with Crippen molar-refractivity contribution in [2.75, 3.05) is 19.0 Å². The number of benzene rings is 2. The average Bonchev–Trinajstić information content (AvgIpc) is 3.14. The molecule has 0 radical (unpaired) electrons. The summed E-state index contributed by atoms with van der Waals surface area (Å²) in [6, 6.07) is 14.7. The Bertz CT molecular complexity index is 1070. The molecule has 29 heavy (non-hydrogen) atoms. The standard InChI is InChI=1S/C22H21N3O3S/c1-3-4-11-28-18-9-10-19-20(13-18)29-22(24-19)25-21(26)16(14-23)12-15-5-7-17(27-2)8-6-15/h5-10,12-13H,3-4,11H2,1-2H3,(H,24,25,26)/b16-12+. The van der Waals surface area contributed by atoms with Crippen molar-refractivity contribution >= 4 is 38.7 Å². The predicted molar refractivity (Wildman–Crippen MR) is 115 cm³/mol. The summed E-state index contributed by atoms with van der Waals surface area (Å²) < 4.78 is 11.7. The molecule has 1 aromatic heterocycles. The van der Waals surface area contributed by atoms with Gasteiger partial charge in [0.1, 0.15) is 23.1 Å². The molecule has 2 aromatic carbocycles. The number of nitriles is 1. The average molecular weight is 407 g/mol. The van der Waals surface area contributed by atoms with Crippen LogP contribution in [0.15, 0.2) is 48.0 Å². The summed E-state index contributed by atoms with van der Waals surface area (Å²) in [5.74, 6) is 0.990. The predicted octanol–water partition coefficient (Wildman–Crippen LogP) is 5.03. The summed E-state index contributed by atoms with van der Waals surface area (Å²) >= 11 is 1.34. The smallest absolute Gasteiger partial charge is 0.268 e. The molecule has 148 valence electrons. The number of aromatic nitrogens is 1. The van der Waals surface area contributed by atoms with Crippen LogP contribution in [-0.4, -0.2) is 24.6 Å². The van der Waals surface area contributed by atoms with Gasteiger partial charge in [-0.2, -0.15) is 5.26 Å². The lowest BCUT2D eigenvalue weighted by Gasteiger charge is -2.04. The first-order valence-electron chi connectivity index (χ1n) is 9.23. The second kappa shape index (κ2) is 9.71. The van der Waals surface area contributed by atoms with E-state index < -0.39 is 5.91 Å². The zero-order valence-electron chi connectivity index (χ0n) is 16.3. The van der Waals surface area contributed by atoms with Crippen LogP contribution in [-0.2, 0) is 4.79 Å². The summed E-state index contributed by atoms with van der Waals surface area (Å²) in [5.41, 5.74) is 1.50. The van der Waals surface area contributed by atoms with E-state index >= 15 is 0 Å². The van der Waals surface area contributed by atoms with E-state index in [0.29, 0.717) is 17.5 Å². The normalized spacial score (nSPS) is 11.1. The van der Waals surface area contributed by atoms with Crippen LogP contribution >= 0.6 is 11.3 Å². The van der Waals surface area contributed by atoms with E-state index in [4.69, 9.17) is 9.47 Å². The summed E-state index contributed by atoms with van der Waals surface area (Å²) in [6.07, 6.45) is 3.60. The van der Waals surface area contributed by atoms with E-state index in [0.717, 1.165) is 34.4 Å². The molecule has 0 spiro atoms. The monoisotopic (exact) mass is 407 g/mol. The molecular formula is C22H21N3O3S. The molecule has 6 nitrogen and oxygen atoms in total. The topological polar surface area (TPSA) is 84.2 Å². The van der Waals surface area contributed by atoms with E-state index in [9.17, 15) is 10.1 Å². The lowest BCUT2D eigenvalue weighted by atomic mass is 10.1. The minimum absolute atomic E-state index is 0.00184. The Balaban J connectivity index is 1.73. The molecule has 0 aliphatic carbocycles. The SMILES string of the molecule is CCCCOc1ccc2nc(NC(=O)/C(C#N)=C/c3ccc(OC)cc3)sc2c1. The van der Waals surface area contributed by atoms with E-state index in [-0.39, 0.29) is 5.57 Å². The number of carbonyl (C=O) groups is 1. The fourth-order valence-electron chi connectivity index (χ4n) is 2.56. The van der Waals surface area contributed by atoms with E-state index in [1.807, 2.05) is 24.3 Å². The number of hydrogen-bond acceptors (Lipinski definition) is 6. The van der Waals surface area contributed by atoms with Gasteiger partial charge in [0.05, 0.1) is 23.9 Å². The number of hydrogen-bond donors (Lipinski definition) is 1. The molecule has 7 heteroatoms. The largest absolute Gasteiger partial charge is 0.497 e. The lowest BCUT2D eigenvalue weighted by Crippen LogP contribution is -2.13. The molecule has 0 aliphatic heterocycles. The number of thiazole rings is 1. The molecular weight excluding hydrogens is 386 g/mol. The highest BCUT2D eigenvalue weighted by Crippen LogP contribution is 2.29. The fraction of sp³-hybridized carbons (Fsp3) is 0.227. The van der Waals surface area contributed by atoms with Gasteiger partial charge in [0.2, 0.25) is 0 Å². The van der Waals surface area contributed by atoms with Gasteiger partial charge in [0.15, 0.2) is 5.13 Å². The summed E-state index contributed by atoms with van der Waals surface area (Å²) in [4.78, 5) is 16.9. The van der Waals surface area contributed by atoms with Gasteiger partial charge in [-0.05, 0) is 48.4 Å². The summed E-state index contributed by atoms with van der Waals surface area (Å²) in [6.45, 7) is 2.79. The van der Waals surface area contributed by atoms with Crippen LogP contribution < -0.4 is 14.8 Å². The molecule has 1 N–H and O–H groups in total. The number of unbranched alkanes of at least 4 members (excludes halogenated alkanes) is 1. The van der Waals surface area contributed by atoms with Crippen LogP contribution in [0.4, 0.5) is 5.13 Å². The molecule has 0 atom stereocenters.